The molecule has 0 aromatic heterocycles. The highest BCUT2D eigenvalue weighted by Gasteiger charge is 2.05. The van der Waals surface area contributed by atoms with Gasteiger partial charge >= 0.3 is 0 Å². The van der Waals surface area contributed by atoms with Crippen LogP contribution in [0.2, 0.25) is 0 Å². The fraction of sp³-hybridized carbons (Fsp3) is 0.250. The van der Waals surface area contributed by atoms with Gasteiger partial charge < -0.3 is 10.5 Å². The Bertz CT molecular complexity index is 551. The molecule has 2 nitrogen and oxygen atoms in total. The lowest BCUT2D eigenvalue weighted by Crippen LogP contribution is -1.94. The number of hydrogen-bond donors (Lipinski definition) is 1. The number of nitrogen functional groups attached to an aromatic ring is 1. The van der Waals surface area contributed by atoms with E-state index in [4.69, 9.17) is 10.5 Å². The van der Waals surface area contributed by atoms with Crippen molar-refractivity contribution in [2.75, 3.05) is 5.73 Å². The average Bonchev–Trinajstić information content (AvgIpc) is 2.42. The lowest BCUT2D eigenvalue weighted by Gasteiger charge is -2.11. The van der Waals surface area contributed by atoms with Crippen LogP contribution < -0.4 is 10.5 Å². The van der Waals surface area contributed by atoms with Crippen molar-refractivity contribution in [1.29, 1.82) is 0 Å². The van der Waals surface area contributed by atoms with Crippen LogP contribution in [0.4, 0.5) is 10.1 Å². The first-order valence-electron chi connectivity index (χ1n) is 6.43. The van der Waals surface area contributed by atoms with Crippen molar-refractivity contribution in [2.45, 2.75) is 26.2 Å². The van der Waals surface area contributed by atoms with E-state index in [2.05, 4.69) is 13.8 Å². The molecule has 0 aliphatic carbocycles. The maximum Gasteiger partial charge on any atom is 0.150 e. The highest BCUT2D eigenvalue weighted by atomic mass is 19.1. The zero-order chi connectivity index (χ0) is 13.8. The van der Waals surface area contributed by atoms with E-state index in [1.807, 2.05) is 24.3 Å². The predicted molar refractivity (Wildman–Crippen MR) is 76.0 cm³/mol. The van der Waals surface area contributed by atoms with Gasteiger partial charge in [0, 0.05) is 6.07 Å². The van der Waals surface area contributed by atoms with Crippen molar-refractivity contribution in [3.8, 4) is 11.5 Å². The minimum Gasteiger partial charge on any atom is -0.455 e. The summed E-state index contributed by atoms with van der Waals surface area (Å²) in [6.07, 6.45) is 1.10. The van der Waals surface area contributed by atoms with Crippen molar-refractivity contribution in [3.05, 3.63) is 53.8 Å². The quantitative estimate of drug-likeness (QED) is 0.807. The maximum absolute atomic E-state index is 12.9. The third kappa shape index (κ3) is 3.25. The number of hydrogen-bond acceptors (Lipinski definition) is 2. The Morgan fingerprint density at radius 3 is 2.42 bits per heavy atom. The summed E-state index contributed by atoms with van der Waals surface area (Å²) in [4.78, 5) is 0. The Hall–Kier alpha value is -2.03. The van der Waals surface area contributed by atoms with Gasteiger partial charge in [0.05, 0.1) is 5.69 Å². The molecular weight excluding hydrogens is 241 g/mol. The van der Waals surface area contributed by atoms with Crippen LogP contribution in [-0.4, -0.2) is 0 Å². The van der Waals surface area contributed by atoms with E-state index in [0.29, 0.717) is 23.1 Å². The molecule has 2 aromatic carbocycles. The van der Waals surface area contributed by atoms with Crippen LogP contribution in [0.25, 0.3) is 0 Å². The monoisotopic (exact) mass is 259 g/mol. The van der Waals surface area contributed by atoms with Gasteiger partial charge in [0.15, 0.2) is 5.75 Å². The van der Waals surface area contributed by atoms with Crippen molar-refractivity contribution in [1.82, 2.24) is 0 Å². The lowest BCUT2D eigenvalue weighted by molar-refractivity contribution is 0.482. The number of rotatable bonds is 4. The summed E-state index contributed by atoms with van der Waals surface area (Å²) in [6.45, 7) is 4.35. The van der Waals surface area contributed by atoms with Crippen LogP contribution in [0.3, 0.4) is 0 Å². The molecule has 0 saturated carbocycles. The third-order valence-corrected chi connectivity index (χ3v) is 3.26. The van der Waals surface area contributed by atoms with Crippen LogP contribution in [0.5, 0.6) is 11.5 Å². The van der Waals surface area contributed by atoms with E-state index in [0.717, 1.165) is 6.42 Å². The Morgan fingerprint density at radius 1 is 1.16 bits per heavy atom. The normalized spacial score (nSPS) is 12.2. The molecule has 2 rings (SSSR count). The second-order valence-corrected chi connectivity index (χ2v) is 4.66. The van der Waals surface area contributed by atoms with E-state index in [-0.39, 0.29) is 5.82 Å². The number of nitrogens with two attached hydrogens (primary N) is 1. The van der Waals surface area contributed by atoms with Crippen molar-refractivity contribution >= 4 is 5.69 Å². The highest BCUT2D eigenvalue weighted by Crippen LogP contribution is 2.29. The largest absolute Gasteiger partial charge is 0.455 e. The molecule has 0 spiro atoms. The SMILES string of the molecule is CCC(C)c1ccc(Oc2ccc(F)cc2N)cc1. The van der Waals surface area contributed by atoms with Crippen LogP contribution >= 0.6 is 0 Å². The molecule has 0 aliphatic rings. The molecule has 0 amide bonds. The molecule has 100 valence electrons. The van der Waals surface area contributed by atoms with E-state index in [1.165, 1.54) is 23.8 Å². The van der Waals surface area contributed by atoms with Gasteiger partial charge in [-0.1, -0.05) is 26.0 Å². The minimum absolute atomic E-state index is 0.297. The van der Waals surface area contributed by atoms with Crippen LogP contribution in [0, 0.1) is 5.82 Å². The molecular formula is C16H18FNO. The molecule has 2 aromatic rings. The van der Waals surface area contributed by atoms with E-state index in [9.17, 15) is 4.39 Å². The second-order valence-electron chi connectivity index (χ2n) is 4.66. The zero-order valence-corrected chi connectivity index (χ0v) is 11.2. The maximum atomic E-state index is 12.9. The minimum atomic E-state index is -0.364. The smallest absolute Gasteiger partial charge is 0.150 e. The van der Waals surface area contributed by atoms with Gasteiger partial charge in [0.25, 0.3) is 0 Å². The molecule has 3 heteroatoms. The standard InChI is InChI=1S/C16H18FNO/c1-3-11(2)12-4-7-14(8-5-12)19-16-9-6-13(17)10-15(16)18/h4-11H,3,18H2,1-2H3. The molecule has 2 N–H and O–H groups in total. The molecule has 0 radical (unpaired) electrons. The van der Waals surface area contributed by atoms with Crippen LogP contribution in [-0.2, 0) is 0 Å². The van der Waals surface area contributed by atoms with Crippen molar-refractivity contribution < 1.29 is 9.13 Å². The van der Waals surface area contributed by atoms with Crippen LogP contribution in [0.1, 0.15) is 31.7 Å². The molecule has 19 heavy (non-hydrogen) atoms. The molecule has 1 atom stereocenters. The van der Waals surface area contributed by atoms with Crippen LogP contribution in [0.15, 0.2) is 42.5 Å². The van der Waals surface area contributed by atoms with Gasteiger partial charge in [0.1, 0.15) is 11.6 Å². The summed E-state index contributed by atoms with van der Waals surface area (Å²) in [5, 5.41) is 0. The first kappa shape index (κ1) is 13.4. The predicted octanol–water partition coefficient (Wildman–Crippen LogP) is 4.71. The lowest BCUT2D eigenvalue weighted by atomic mass is 9.99. The van der Waals surface area contributed by atoms with Gasteiger partial charge in [0.2, 0.25) is 0 Å². The van der Waals surface area contributed by atoms with Gasteiger partial charge in [-0.25, -0.2) is 4.39 Å². The Kier molecular flexibility index (Phi) is 4.05. The molecule has 0 saturated heterocycles. The molecule has 0 bridgehead atoms. The van der Waals surface area contributed by atoms with Gasteiger partial charge in [-0.2, -0.15) is 0 Å². The number of halogens is 1. The summed E-state index contributed by atoms with van der Waals surface area (Å²) in [7, 11) is 0. The third-order valence-electron chi connectivity index (χ3n) is 3.26. The molecule has 0 aliphatic heterocycles. The summed E-state index contributed by atoms with van der Waals surface area (Å²) >= 11 is 0. The summed E-state index contributed by atoms with van der Waals surface area (Å²) in [5.41, 5.74) is 7.28. The average molecular weight is 259 g/mol. The Balaban J connectivity index is 2.15. The first-order valence-corrected chi connectivity index (χ1v) is 6.43. The molecule has 0 fully saturated rings. The second kappa shape index (κ2) is 5.74. The fourth-order valence-electron chi connectivity index (χ4n) is 1.84. The topological polar surface area (TPSA) is 35.2 Å². The van der Waals surface area contributed by atoms with E-state index < -0.39 is 0 Å². The Morgan fingerprint density at radius 2 is 1.84 bits per heavy atom. The van der Waals surface area contributed by atoms with Gasteiger partial charge in [-0.15, -0.1) is 0 Å². The van der Waals surface area contributed by atoms with E-state index in [1.54, 1.807) is 0 Å². The highest BCUT2D eigenvalue weighted by molar-refractivity contribution is 5.54. The number of ether oxygens (including phenoxy) is 1. The van der Waals surface area contributed by atoms with Gasteiger partial charge in [-0.05, 0) is 42.2 Å². The van der Waals surface area contributed by atoms with E-state index >= 15 is 0 Å². The summed E-state index contributed by atoms with van der Waals surface area (Å²) in [6, 6.07) is 12.0. The molecule has 1 unspecified atom stereocenters. The zero-order valence-electron chi connectivity index (χ0n) is 11.2. The van der Waals surface area contributed by atoms with Gasteiger partial charge in [-0.3, -0.25) is 0 Å². The molecule has 0 heterocycles. The summed E-state index contributed by atoms with van der Waals surface area (Å²) in [5.74, 6) is 1.34. The number of anilines is 1. The van der Waals surface area contributed by atoms with Crippen molar-refractivity contribution in [3.63, 3.8) is 0 Å². The fourth-order valence-corrected chi connectivity index (χ4v) is 1.84. The first-order chi connectivity index (χ1) is 9.10. The van der Waals surface area contributed by atoms with Crippen molar-refractivity contribution in [2.24, 2.45) is 0 Å². The Labute approximate surface area is 113 Å². The summed E-state index contributed by atoms with van der Waals surface area (Å²) < 4.78 is 18.6. The number of benzene rings is 2.